The summed E-state index contributed by atoms with van der Waals surface area (Å²) < 4.78 is 24.1. The number of ether oxygens (including phenoxy) is 4. The zero-order valence-corrected chi connectivity index (χ0v) is 44.4. The Balaban J connectivity index is 0.909. The molecule has 4 fully saturated rings. The number of nitrogens with zero attached hydrogens (tertiary/aromatic N) is 1. The van der Waals surface area contributed by atoms with E-state index < -0.39 is 0 Å². The van der Waals surface area contributed by atoms with Crippen LogP contribution >= 0.6 is 0 Å². The number of carbonyl (C=O) groups is 2. The van der Waals surface area contributed by atoms with Gasteiger partial charge in [-0.2, -0.15) is 0 Å². The van der Waals surface area contributed by atoms with Gasteiger partial charge in [0.25, 0.3) is 0 Å². The monoisotopic (exact) mass is 934 g/mol. The summed E-state index contributed by atoms with van der Waals surface area (Å²) in [5.74, 6) is 4.32. The number of allylic oxidation sites excluding steroid dienone is 5. The molecular weight excluding hydrogens is 831 g/mol. The van der Waals surface area contributed by atoms with Crippen LogP contribution in [-0.4, -0.2) is 75.1 Å². The molecule has 7 heteroatoms. The van der Waals surface area contributed by atoms with Crippen LogP contribution in [0, 0.1) is 46.3 Å². The first kappa shape index (κ1) is 56.0. The predicted molar refractivity (Wildman–Crippen MR) is 278 cm³/mol. The molecule has 0 amide bonds. The van der Waals surface area contributed by atoms with E-state index in [9.17, 15) is 9.59 Å². The fourth-order valence-corrected chi connectivity index (χ4v) is 13.8. The van der Waals surface area contributed by atoms with Crippen molar-refractivity contribution in [3.63, 3.8) is 0 Å². The van der Waals surface area contributed by atoms with Gasteiger partial charge in [0.1, 0.15) is 6.10 Å². The van der Waals surface area contributed by atoms with Crippen LogP contribution in [0.5, 0.6) is 0 Å². The Morgan fingerprint density at radius 1 is 0.746 bits per heavy atom. The van der Waals surface area contributed by atoms with Crippen molar-refractivity contribution in [1.82, 2.24) is 4.90 Å². The summed E-state index contributed by atoms with van der Waals surface area (Å²) in [5.41, 5.74) is 2.26. The van der Waals surface area contributed by atoms with Gasteiger partial charge in [-0.3, -0.25) is 9.59 Å². The van der Waals surface area contributed by atoms with Gasteiger partial charge >= 0.3 is 11.9 Å². The third-order valence-corrected chi connectivity index (χ3v) is 17.7. The molecule has 0 aromatic carbocycles. The number of likely N-dealkylation sites (tertiary alicyclic amines) is 1. The lowest BCUT2D eigenvalue weighted by atomic mass is 9.47. The highest BCUT2D eigenvalue weighted by Crippen LogP contribution is 2.67. The van der Waals surface area contributed by atoms with E-state index in [0.717, 1.165) is 93.9 Å². The van der Waals surface area contributed by atoms with E-state index in [1.165, 1.54) is 140 Å². The van der Waals surface area contributed by atoms with E-state index in [0.29, 0.717) is 31.7 Å². The van der Waals surface area contributed by atoms with Gasteiger partial charge in [0.15, 0.2) is 0 Å². The van der Waals surface area contributed by atoms with Crippen LogP contribution in [0.3, 0.4) is 0 Å². The van der Waals surface area contributed by atoms with Gasteiger partial charge < -0.3 is 23.8 Å². The number of unbranched alkanes of at least 4 members (excludes halogenated alkanes) is 9. The Labute approximate surface area is 412 Å². The summed E-state index contributed by atoms with van der Waals surface area (Å²) in [7, 11) is 0. The Kier molecular flexibility index (Phi) is 25.6. The highest BCUT2D eigenvalue weighted by Gasteiger charge is 2.59. The minimum Gasteiger partial charge on any atom is -0.466 e. The first-order chi connectivity index (χ1) is 32.5. The molecule has 7 nitrogen and oxygen atoms in total. The molecule has 0 aromatic rings. The standard InChI is InChI=1S/C60H103NO6/c1-7-8-9-10-11-12-13-14-15-16-17-18-19-20-21-25-42-64-47-52(46-61-40-23-22-24-41-61)65-43-27-44-66-57(62)34-35-58(63)67-51-36-38-59(5)50(45-51)30-31-53-55-33-32-54(49(4)29-26-28-48(2)3)60(55,6)39-37-56(53)59/h11-12,14-15,30,48-49,51-56H,7-10,13,16-29,31-47H2,1-6H3/t49-,51+,52?,53+,54-,55+,56+,59+,60-/m1/s1. The van der Waals surface area contributed by atoms with Crippen molar-refractivity contribution in [2.24, 2.45) is 46.3 Å². The molecular formula is C60H103NO6. The van der Waals surface area contributed by atoms with Gasteiger partial charge in [0.05, 0.1) is 38.8 Å². The zero-order valence-electron chi connectivity index (χ0n) is 44.4. The predicted octanol–water partition coefficient (Wildman–Crippen LogP) is 15.4. The molecule has 0 N–H and O–H groups in total. The number of fused-ring (bicyclic) bond motifs is 5. The molecule has 0 radical (unpaired) electrons. The third kappa shape index (κ3) is 18.6. The maximum atomic E-state index is 13.0. The van der Waals surface area contributed by atoms with Crippen molar-refractivity contribution in [1.29, 1.82) is 0 Å². The van der Waals surface area contributed by atoms with E-state index in [1.807, 2.05) is 0 Å². The topological polar surface area (TPSA) is 74.3 Å². The molecule has 67 heavy (non-hydrogen) atoms. The molecule has 1 unspecified atom stereocenters. The summed E-state index contributed by atoms with van der Waals surface area (Å²) in [6, 6.07) is 0. The lowest BCUT2D eigenvalue weighted by Crippen LogP contribution is -2.51. The Morgan fingerprint density at radius 3 is 2.24 bits per heavy atom. The summed E-state index contributed by atoms with van der Waals surface area (Å²) in [4.78, 5) is 28.2. The van der Waals surface area contributed by atoms with Crippen LogP contribution in [0.1, 0.15) is 228 Å². The Morgan fingerprint density at radius 2 is 1.48 bits per heavy atom. The van der Waals surface area contributed by atoms with Crippen LogP contribution in [0.25, 0.3) is 0 Å². The van der Waals surface area contributed by atoms with Gasteiger partial charge in [-0.05, 0) is 156 Å². The molecule has 1 aliphatic heterocycles. The van der Waals surface area contributed by atoms with Crippen LogP contribution in [-0.2, 0) is 28.5 Å². The van der Waals surface area contributed by atoms with E-state index >= 15 is 0 Å². The normalized spacial score (nSPS) is 28.6. The fraction of sp³-hybridized carbons (Fsp3) is 0.867. The van der Waals surface area contributed by atoms with Crippen molar-refractivity contribution in [2.45, 2.75) is 240 Å². The Bertz CT molecular complexity index is 1480. The lowest BCUT2D eigenvalue weighted by molar-refractivity contribution is -0.155. The molecule has 4 aliphatic carbocycles. The van der Waals surface area contributed by atoms with Gasteiger partial charge in [-0.1, -0.05) is 142 Å². The molecule has 0 bridgehead atoms. The van der Waals surface area contributed by atoms with Crippen molar-refractivity contribution < 1.29 is 28.5 Å². The number of hydrogen-bond donors (Lipinski definition) is 0. The largest absolute Gasteiger partial charge is 0.466 e. The van der Waals surface area contributed by atoms with Crippen molar-refractivity contribution >= 4 is 11.9 Å². The second kappa shape index (κ2) is 30.7. The quantitative estimate of drug-likeness (QED) is 0.0369. The molecule has 384 valence electrons. The summed E-state index contributed by atoms with van der Waals surface area (Å²) >= 11 is 0. The molecule has 3 saturated carbocycles. The van der Waals surface area contributed by atoms with E-state index in [1.54, 1.807) is 0 Å². The number of piperidine rings is 1. The van der Waals surface area contributed by atoms with Gasteiger partial charge in [0.2, 0.25) is 0 Å². The SMILES string of the molecule is CCCCCC=CCC=CCCCCCCCCOCC(CN1CCCCC1)OCCCOC(=O)CCC(=O)O[C@H]1CC[C@@]2(C)C(=CC[C@H]3[C@@H]4CC[C@H]([C@H](C)CCCC(C)C)[C@@]4(C)CC[C@@H]32)C1. The maximum Gasteiger partial charge on any atom is 0.306 e. The number of hydrogen-bond acceptors (Lipinski definition) is 7. The summed E-state index contributed by atoms with van der Waals surface area (Å²) in [6.45, 7) is 20.1. The minimum atomic E-state index is -0.334. The van der Waals surface area contributed by atoms with Crippen LogP contribution in [0.2, 0.25) is 0 Å². The Hall–Kier alpha value is -1.96. The third-order valence-electron chi connectivity index (χ3n) is 17.7. The average molecular weight is 934 g/mol. The molecule has 5 aliphatic rings. The minimum absolute atomic E-state index is 0.0215. The fourth-order valence-electron chi connectivity index (χ4n) is 13.8. The van der Waals surface area contributed by atoms with Crippen LogP contribution in [0.4, 0.5) is 0 Å². The van der Waals surface area contributed by atoms with Gasteiger partial charge in [0, 0.05) is 26.0 Å². The molecule has 1 heterocycles. The lowest BCUT2D eigenvalue weighted by Gasteiger charge is -2.58. The van der Waals surface area contributed by atoms with E-state index in [-0.39, 0.29) is 42.4 Å². The zero-order chi connectivity index (χ0) is 47.7. The van der Waals surface area contributed by atoms with Crippen molar-refractivity contribution in [2.75, 3.05) is 46.1 Å². The van der Waals surface area contributed by atoms with Crippen LogP contribution < -0.4 is 0 Å². The highest BCUT2D eigenvalue weighted by atomic mass is 16.6. The van der Waals surface area contributed by atoms with Crippen LogP contribution in [0.15, 0.2) is 36.0 Å². The first-order valence-electron chi connectivity index (χ1n) is 28.8. The maximum absolute atomic E-state index is 13.0. The second-order valence-corrected chi connectivity index (χ2v) is 23.2. The van der Waals surface area contributed by atoms with Crippen molar-refractivity contribution in [3.8, 4) is 0 Å². The number of carbonyl (C=O) groups excluding carboxylic acids is 2. The number of esters is 2. The molecule has 0 aromatic heterocycles. The molecule has 5 rings (SSSR count). The smallest absolute Gasteiger partial charge is 0.306 e. The first-order valence-corrected chi connectivity index (χ1v) is 28.8. The average Bonchev–Trinajstić information content (AvgIpc) is 3.68. The van der Waals surface area contributed by atoms with Gasteiger partial charge in [-0.25, -0.2) is 0 Å². The second-order valence-electron chi connectivity index (χ2n) is 23.2. The number of rotatable bonds is 33. The molecule has 1 saturated heterocycles. The highest BCUT2D eigenvalue weighted by molar-refractivity contribution is 5.77. The van der Waals surface area contributed by atoms with Crippen molar-refractivity contribution in [3.05, 3.63) is 36.0 Å². The molecule has 9 atom stereocenters. The summed E-state index contributed by atoms with van der Waals surface area (Å²) in [5, 5.41) is 0. The van der Waals surface area contributed by atoms with Gasteiger partial charge in [-0.15, -0.1) is 0 Å². The van der Waals surface area contributed by atoms with E-state index in [2.05, 4.69) is 76.8 Å². The summed E-state index contributed by atoms with van der Waals surface area (Å²) in [6.07, 6.45) is 45.2. The molecule has 0 spiro atoms. The van der Waals surface area contributed by atoms with E-state index in [4.69, 9.17) is 18.9 Å².